The number of para-hydroxylation sites is 3. The fraction of sp³-hybridized carbons (Fsp3) is 0.333. The van der Waals surface area contributed by atoms with Gasteiger partial charge in [-0.05, 0) is 18.2 Å². The fourth-order valence-corrected chi connectivity index (χ4v) is 7.76. The van der Waals surface area contributed by atoms with Crippen LogP contribution in [0.3, 0.4) is 0 Å². The lowest BCUT2D eigenvalue weighted by Crippen LogP contribution is -2.38. The Bertz CT molecular complexity index is 1100. The first-order valence-electron chi connectivity index (χ1n) is 9.44. The van der Waals surface area contributed by atoms with Gasteiger partial charge < -0.3 is 14.4 Å². The zero-order valence-electron chi connectivity index (χ0n) is 16.6. The number of methoxy groups -OCH3 is 2. The van der Waals surface area contributed by atoms with E-state index in [4.69, 9.17) is 9.47 Å². The van der Waals surface area contributed by atoms with Gasteiger partial charge >= 0.3 is 0 Å². The lowest BCUT2D eigenvalue weighted by atomic mass is 10.1. The van der Waals surface area contributed by atoms with Crippen molar-refractivity contribution in [1.82, 2.24) is 0 Å². The first-order valence-corrected chi connectivity index (χ1v) is 12.1. The van der Waals surface area contributed by atoms with E-state index in [1.165, 1.54) is 11.8 Å². The molecule has 0 radical (unpaired) electrons. The molecule has 0 aromatic heterocycles. The van der Waals surface area contributed by atoms with Crippen molar-refractivity contribution in [3.63, 3.8) is 0 Å². The van der Waals surface area contributed by atoms with Gasteiger partial charge in [0.15, 0.2) is 15.0 Å². The van der Waals surface area contributed by atoms with Crippen LogP contribution in [0.15, 0.2) is 53.5 Å². The Morgan fingerprint density at radius 2 is 1.73 bits per heavy atom. The van der Waals surface area contributed by atoms with Crippen LogP contribution in [0.1, 0.15) is 5.56 Å². The zero-order valence-corrected chi connectivity index (χ0v) is 18.3. The summed E-state index contributed by atoms with van der Waals surface area (Å²) in [5.74, 6) is 1.03. The van der Waals surface area contributed by atoms with Crippen molar-refractivity contribution in [2.45, 2.75) is 17.7 Å². The number of aliphatic imine (C=N–C) groups is 1. The number of nitrogens with zero attached hydrogens (tertiary/aromatic N) is 2. The lowest BCUT2D eigenvalue weighted by molar-refractivity contribution is -0.117. The normalized spacial score (nSPS) is 23.4. The molecule has 1 amide bonds. The summed E-state index contributed by atoms with van der Waals surface area (Å²) in [4.78, 5) is 19.0. The molecule has 2 aromatic carbocycles. The highest BCUT2D eigenvalue weighted by Gasteiger charge is 2.50. The Kier molecular flexibility index (Phi) is 5.75. The summed E-state index contributed by atoms with van der Waals surface area (Å²) in [6.45, 7) is 0. The molecular formula is C21H22N2O5S2. The Hall–Kier alpha value is -2.52. The second-order valence-corrected chi connectivity index (χ2v) is 10.5. The highest BCUT2D eigenvalue weighted by molar-refractivity contribution is 8.16. The predicted molar refractivity (Wildman–Crippen MR) is 118 cm³/mol. The van der Waals surface area contributed by atoms with E-state index in [0.717, 1.165) is 5.56 Å². The average molecular weight is 447 g/mol. The van der Waals surface area contributed by atoms with E-state index < -0.39 is 9.84 Å². The zero-order chi connectivity index (χ0) is 21.3. The quantitative estimate of drug-likeness (QED) is 0.698. The van der Waals surface area contributed by atoms with Gasteiger partial charge in [-0.3, -0.25) is 4.79 Å². The summed E-state index contributed by atoms with van der Waals surface area (Å²) in [6.07, 6.45) is 0.0987. The minimum atomic E-state index is -3.14. The minimum absolute atomic E-state index is 0.0302. The molecule has 158 valence electrons. The van der Waals surface area contributed by atoms with Crippen LogP contribution in [0.25, 0.3) is 0 Å². The van der Waals surface area contributed by atoms with Crippen LogP contribution in [0.4, 0.5) is 5.69 Å². The molecule has 2 aromatic rings. The Balaban J connectivity index is 1.68. The molecule has 30 heavy (non-hydrogen) atoms. The molecule has 0 saturated carbocycles. The smallest absolute Gasteiger partial charge is 0.252 e. The lowest BCUT2D eigenvalue weighted by Gasteiger charge is -2.26. The van der Waals surface area contributed by atoms with Gasteiger partial charge in [0, 0.05) is 10.8 Å². The van der Waals surface area contributed by atoms with Crippen LogP contribution in [0.5, 0.6) is 11.5 Å². The molecule has 9 heteroatoms. The van der Waals surface area contributed by atoms with Gasteiger partial charge in [0.05, 0.1) is 43.9 Å². The molecule has 7 nitrogen and oxygen atoms in total. The van der Waals surface area contributed by atoms with Crippen LogP contribution in [0.2, 0.25) is 0 Å². The molecule has 0 bridgehead atoms. The minimum Gasteiger partial charge on any atom is -0.496 e. The number of rotatable bonds is 5. The molecule has 2 saturated heterocycles. The van der Waals surface area contributed by atoms with E-state index in [0.29, 0.717) is 22.4 Å². The van der Waals surface area contributed by atoms with Crippen molar-refractivity contribution in [3.05, 3.63) is 54.1 Å². The predicted octanol–water partition coefficient (Wildman–Crippen LogP) is 2.55. The van der Waals surface area contributed by atoms with Crippen LogP contribution in [-0.2, 0) is 21.1 Å². The molecule has 0 spiro atoms. The van der Waals surface area contributed by atoms with E-state index >= 15 is 0 Å². The van der Waals surface area contributed by atoms with Crippen molar-refractivity contribution in [3.8, 4) is 11.5 Å². The maximum Gasteiger partial charge on any atom is 0.252 e. The molecule has 2 aliphatic heterocycles. The Morgan fingerprint density at radius 1 is 1.07 bits per heavy atom. The third kappa shape index (κ3) is 4.04. The molecule has 0 unspecified atom stereocenters. The Labute approximate surface area is 180 Å². The molecule has 2 fully saturated rings. The first-order chi connectivity index (χ1) is 14.4. The maximum atomic E-state index is 12.8. The highest BCUT2D eigenvalue weighted by atomic mass is 32.2. The number of amidine groups is 1. The van der Waals surface area contributed by atoms with Crippen molar-refractivity contribution < 1.29 is 22.7 Å². The van der Waals surface area contributed by atoms with Crippen molar-refractivity contribution in [1.29, 1.82) is 0 Å². The maximum absolute atomic E-state index is 12.8. The summed E-state index contributed by atoms with van der Waals surface area (Å²) in [5, 5.41) is 0.335. The van der Waals surface area contributed by atoms with Gasteiger partial charge in [-0.2, -0.15) is 4.99 Å². The summed E-state index contributed by atoms with van der Waals surface area (Å²) in [7, 11) is -0.00859. The number of amides is 1. The number of carbonyl (C=O) groups is 1. The first kappa shape index (κ1) is 20.7. The van der Waals surface area contributed by atoms with Gasteiger partial charge in [-0.1, -0.05) is 42.1 Å². The number of ether oxygens (including phenoxy) is 2. The van der Waals surface area contributed by atoms with E-state index in [1.807, 2.05) is 47.4 Å². The molecular weight excluding hydrogens is 424 g/mol. The molecule has 0 aliphatic carbocycles. The second-order valence-electron chi connectivity index (χ2n) is 7.12. The van der Waals surface area contributed by atoms with E-state index in [9.17, 15) is 13.2 Å². The van der Waals surface area contributed by atoms with Gasteiger partial charge in [0.2, 0.25) is 0 Å². The molecule has 2 atom stereocenters. The van der Waals surface area contributed by atoms with Crippen LogP contribution in [0, 0.1) is 0 Å². The standard InChI is InChI=1S/C21H22N2O5S2/c1-27-17-9-5-3-7-14(17)11-20(24)22-21-23(15-8-4-6-10-18(15)28-2)16-12-30(25,26)13-19(16)29-21/h3-10,16,19H,11-13H2,1-2H3/t16-,19+/m1/s1. The number of anilines is 1. The van der Waals surface area contributed by atoms with E-state index in [1.54, 1.807) is 20.3 Å². The fourth-order valence-electron chi connectivity index (χ4n) is 3.83. The molecule has 2 aliphatic rings. The third-order valence-corrected chi connectivity index (χ3v) is 8.38. The van der Waals surface area contributed by atoms with Crippen molar-refractivity contribution in [2.24, 2.45) is 4.99 Å². The summed E-state index contributed by atoms with van der Waals surface area (Å²) < 4.78 is 35.2. The molecule has 0 N–H and O–H groups in total. The van der Waals surface area contributed by atoms with E-state index in [-0.39, 0.29) is 35.1 Å². The van der Waals surface area contributed by atoms with Gasteiger partial charge in [-0.25, -0.2) is 8.42 Å². The number of hydrogen-bond donors (Lipinski definition) is 0. The largest absolute Gasteiger partial charge is 0.496 e. The number of sulfone groups is 1. The van der Waals surface area contributed by atoms with Crippen LogP contribution >= 0.6 is 11.8 Å². The van der Waals surface area contributed by atoms with Crippen molar-refractivity contribution in [2.75, 3.05) is 30.6 Å². The number of carbonyl (C=O) groups excluding carboxylic acids is 1. The number of fused-ring (bicyclic) bond motifs is 1. The van der Waals surface area contributed by atoms with Crippen LogP contribution < -0.4 is 14.4 Å². The SMILES string of the molecule is COc1ccccc1CC(=O)N=C1S[C@H]2CS(=O)(=O)C[C@H]2N1c1ccccc1OC. The summed E-state index contributed by atoms with van der Waals surface area (Å²) in [5.41, 5.74) is 1.46. The summed E-state index contributed by atoms with van der Waals surface area (Å²) >= 11 is 1.34. The van der Waals surface area contributed by atoms with Gasteiger partial charge in [-0.15, -0.1) is 0 Å². The Morgan fingerprint density at radius 3 is 2.47 bits per heavy atom. The average Bonchev–Trinajstić information content (AvgIpc) is 3.18. The van der Waals surface area contributed by atoms with Crippen LogP contribution in [-0.4, -0.2) is 56.5 Å². The number of thioether (sulfide) groups is 1. The monoisotopic (exact) mass is 446 g/mol. The van der Waals surface area contributed by atoms with Gasteiger partial charge in [0.25, 0.3) is 5.91 Å². The van der Waals surface area contributed by atoms with Crippen molar-refractivity contribution >= 4 is 38.4 Å². The number of hydrogen-bond acceptors (Lipinski definition) is 6. The molecule has 2 heterocycles. The highest BCUT2D eigenvalue weighted by Crippen LogP contribution is 2.43. The third-order valence-electron chi connectivity index (χ3n) is 5.17. The number of benzene rings is 2. The molecule has 4 rings (SSSR count). The second kappa shape index (κ2) is 8.31. The summed E-state index contributed by atoms with van der Waals surface area (Å²) in [6, 6.07) is 14.4. The topological polar surface area (TPSA) is 85.3 Å². The van der Waals surface area contributed by atoms with E-state index in [2.05, 4.69) is 4.99 Å². The van der Waals surface area contributed by atoms with Gasteiger partial charge in [0.1, 0.15) is 11.5 Å².